The van der Waals surface area contributed by atoms with E-state index < -0.39 is 17.6 Å². The van der Waals surface area contributed by atoms with Crippen LogP contribution in [0.25, 0.3) is 17.2 Å². The molecule has 0 atom stereocenters. The maximum Gasteiger partial charge on any atom is 0.335 e. The van der Waals surface area contributed by atoms with Crippen molar-refractivity contribution >= 4 is 69.2 Å². The maximum atomic E-state index is 13.7. The number of hydrogen-bond acceptors (Lipinski definition) is 7. The van der Waals surface area contributed by atoms with Crippen molar-refractivity contribution < 1.29 is 33.0 Å². The molecule has 190 valence electrons. The van der Waals surface area contributed by atoms with Crippen molar-refractivity contribution in [3.8, 4) is 16.9 Å². The molecule has 0 unspecified atom stereocenters. The van der Waals surface area contributed by atoms with Crippen LogP contribution in [0, 0.1) is 11.6 Å². The highest BCUT2D eigenvalue weighted by atomic mass is 32.2. The molecule has 0 spiro atoms. The Morgan fingerprint density at radius 2 is 1.89 bits per heavy atom. The number of thioether (sulfide) groups is 1. The van der Waals surface area contributed by atoms with Crippen LogP contribution in [0.4, 0.5) is 14.5 Å². The fourth-order valence-corrected chi connectivity index (χ4v) is 5.82. The van der Waals surface area contributed by atoms with E-state index in [1.165, 1.54) is 53.7 Å². The Balaban J connectivity index is 1.44. The Morgan fingerprint density at radius 1 is 1.16 bits per heavy atom. The van der Waals surface area contributed by atoms with Gasteiger partial charge in [0, 0.05) is 29.6 Å². The number of benzene rings is 2. The summed E-state index contributed by atoms with van der Waals surface area (Å²) in [4.78, 5) is 38.5. The minimum Gasteiger partial charge on any atom is -0.495 e. The number of carbonyl (C=O) groups excluding carboxylic acids is 2. The molecule has 1 fully saturated rings. The van der Waals surface area contributed by atoms with Crippen LogP contribution < -0.4 is 10.1 Å². The summed E-state index contributed by atoms with van der Waals surface area (Å²) >= 11 is 7.70. The number of nitrogens with zero attached hydrogens (tertiary/aromatic N) is 1. The molecule has 0 saturated carbocycles. The first-order chi connectivity index (χ1) is 17.7. The fourth-order valence-electron chi connectivity index (χ4n) is 3.48. The van der Waals surface area contributed by atoms with Gasteiger partial charge in [0.15, 0.2) is 11.6 Å². The van der Waals surface area contributed by atoms with E-state index in [-0.39, 0.29) is 30.3 Å². The van der Waals surface area contributed by atoms with Crippen molar-refractivity contribution in [1.29, 1.82) is 0 Å². The first-order valence-electron chi connectivity index (χ1n) is 10.7. The number of methoxy groups -OCH3 is 1. The molecule has 12 heteroatoms. The standard InChI is InChI=1S/C25H18F2N2O5S3/c1-34-22-16(14-4-7-17(26)18(27)10-14)12-36-19(22)11-20-23(31)29(25(35)37-20)9-8-21(30)28-15-5-2-13(3-6-15)24(32)33/h2-7,10-12H,8-9H2,1H3,(H,28,30)(H,32,33)/b20-11-. The average Bonchev–Trinajstić information content (AvgIpc) is 3.39. The van der Waals surface area contributed by atoms with Crippen molar-refractivity contribution in [2.24, 2.45) is 0 Å². The molecule has 0 radical (unpaired) electrons. The molecule has 1 aliphatic heterocycles. The topological polar surface area (TPSA) is 95.9 Å². The molecule has 2 amide bonds. The van der Waals surface area contributed by atoms with Gasteiger partial charge < -0.3 is 15.2 Å². The monoisotopic (exact) mass is 560 g/mol. The molecule has 4 rings (SSSR count). The number of thiocarbonyl (C=S) groups is 1. The summed E-state index contributed by atoms with van der Waals surface area (Å²) in [6, 6.07) is 9.27. The van der Waals surface area contributed by atoms with Crippen LogP contribution in [0.15, 0.2) is 52.7 Å². The van der Waals surface area contributed by atoms with Crippen molar-refractivity contribution in [2.45, 2.75) is 6.42 Å². The Labute approximate surface area is 223 Å². The molecule has 3 aromatic rings. The normalized spacial score (nSPS) is 14.4. The van der Waals surface area contributed by atoms with Gasteiger partial charge in [0.05, 0.1) is 22.5 Å². The third-order valence-electron chi connectivity index (χ3n) is 5.32. The number of thiophene rings is 1. The lowest BCUT2D eigenvalue weighted by Crippen LogP contribution is -2.31. The number of carboxylic acids is 1. The van der Waals surface area contributed by atoms with Crippen LogP contribution >= 0.6 is 35.3 Å². The van der Waals surface area contributed by atoms with Gasteiger partial charge in [-0.15, -0.1) is 11.3 Å². The minimum atomic E-state index is -1.07. The van der Waals surface area contributed by atoms with Gasteiger partial charge in [-0.2, -0.15) is 0 Å². The van der Waals surface area contributed by atoms with Crippen LogP contribution in [0.5, 0.6) is 5.75 Å². The van der Waals surface area contributed by atoms with Crippen molar-refractivity contribution in [2.75, 3.05) is 19.0 Å². The van der Waals surface area contributed by atoms with E-state index in [2.05, 4.69) is 5.32 Å². The Bertz CT molecular complexity index is 1440. The summed E-state index contributed by atoms with van der Waals surface area (Å²) in [5, 5.41) is 13.3. The van der Waals surface area contributed by atoms with Gasteiger partial charge in [0.25, 0.3) is 5.91 Å². The number of anilines is 1. The molecule has 0 aliphatic carbocycles. The van der Waals surface area contributed by atoms with Gasteiger partial charge in [-0.3, -0.25) is 14.5 Å². The van der Waals surface area contributed by atoms with Crippen LogP contribution in [0.2, 0.25) is 0 Å². The minimum absolute atomic E-state index is 0.0248. The summed E-state index contributed by atoms with van der Waals surface area (Å²) < 4.78 is 32.9. The summed E-state index contributed by atoms with van der Waals surface area (Å²) in [6.45, 7) is 0.0583. The van der Waals surface area contributed by atoms with E-state index in [0.717, 1.165) is 23.9 Å². The van der Waals surface area contributed by atoms with Gasteiger partial charge in [-0.1, -0.05) is 30.0 Å². The summed E-state index contributed by atoms with van der Waals surface area (Å²) in [5.41, 5.74) is 1.52. The number of ether oxygens (including phenoxy) is 1. The van der Waals surface area contributed by atoms with Crippen molar-refractivity contribution in [1.82, 2.24) is 4.90 Å². The van der Waals surface area contributed by atoms with Crippen LogP contribution in [0.1, 0.15) is 21.7 Å². The number of rotatable bonds is 8. The highest BCUT2D eigenvalue weighted by Gasteiger charge is 2.32. The third-order valence-corrected chi connectivity index (χ3v) is 7.61. The predicted octanol–water partition coefficient (Wildman–Crippen LogP) is 5.63. The maximum absolute atomic E-state index is 13.7. The van der Waals surface area contributed by atoms with Gasteiger partial charge in [0.1, 0.15) is 10.1 Å². The third kappa shape index (κ3) is 5.87. The zero-order valence-electron chi connectivity index (χ0n) is 19.1. The number of nitrogens with one attached hydrogen (secondary N) is 1. The summed E-state index contributed by atoms with van der Waals surface area (Å²) in [7, 11) is 1.45. The molecule has 1 saturated heterocycles. The van der Waals surface area contributed by atoms with Crippen molar-refractivity contribution in [3.63, 3.8) is 0 Å². The van der Waals surface area contributed by atoms with Crippen LogP contribution in [-0.4, -0.2) is 45.8 Å². The zero-order chi connectivity index (χ0) is 26.7. The van der Waals surface area contributed by atoms with E-state index in [0.29, 0.717) is 36.7 Å². The number of carbonyl (C=O) groups is 3. The molecule has 7 nitrogen and oxygen atoms in total. The van der Waals surface area contributed by atoms with E-state index >= 15 is 0 Å². The SMILES string of the molecule is COc1c(-c2ccc(F)c(F)c2)csc1/C=C1\SC(=S)N(CCC(=O)Nc2ccc(C(=O)O)cc2)C1=O. The second-order valence-corrected chi connectivity index (χ2v) is 10.3. The second kappa shape index (κ2) is 11.2. The highest BCUT2D eigenvalue weighted by molar-refractivity contribution is 8.26. The quantitative estimate of drug-likeness (QED) is 0.272. The molecule has 2 N–H and O–H groups in total. The van der Waals surface area contributed by atoms with E-state index in [1.807, 2.05) is 0 Å². The molecule has 1 aromatic heterocycles. The molecule has 1 aliphatic rings. The number of halogens is 2. The van der Waals surface area contributed by atoms with Crippen LogP contribution in [0.3, 0.4) is 0 Å². The fraction of sp³-hybridized carbons (Fsp3) is 0.120. The molecular formula is C25H18F2N2O5S3. The molecule has 2 heterocycles. The Hall–Kier alpha value is -3.61. The Kier molecular flexibility index (Phi) is 8.00. The highest BCUT2D eigenvalue weighted by Crippen LogP contribution is 2.42. The van der Waals surface area contributed by atoms with Gasteiger partial charge in [-0.25, -0.2) is 13.6 Å². The van der Waals surface area contributed by atoms with Crippen molar-refractivity contribution in [3.05, 3.63) is 74.8 Å². The average molecular weight is 561 g/mol. The van der Waals surface area contributed by atoms with E-state index in [1.54, 1.807) is 11.5 Å². The molecule has 37 heavy (non-hydrogen) atoms. The van der Waals surface area contributed by atoms with E-state index in [4.69, 9.17) is 22.1 Å². The molecular weight excluding hydrogens is 542 g/mol. The molecule has 0 bridgehead atoms. The lowest BCUT2D eigenvalue weighted by atomic mass is 10.1. The van der Waals surface area contributed by atoms with Gasteiger partial charge in [0.2, 0.25) is 5.91 Å². The first-order valence-corrected chi connectivity index (χ1v) is 12.8. The number of amides is 2. The number of hydrogen-bond donors (Lipinski definition) is 2. The smallest absolute Gasteiger partial charge is 0.335 e. The van der Waals surface area contributed by atoms with E-state index in [9.17, 15) is 23.2 Å². The first kappa shape index (κ1) is 26.5. The number of aromatic carboxylic acids is 1. The number of carboxylic acid groups (broad SMARTS) is 1. The summed E-state index contributed by atoms with van der Waals surface area (Å²) in [5.74, 6) is -3.31. The van der Waals surface area contributed by atoms with Crippen LogP contribution in [-0.2, 0) is 9.59 Å². The van der Waals surface area contributed by atoms with Gasteiger partial charge in [-0.05, 0) is 48.0 Å². The lowest BCUT2D eigenvalue weighted by molar-refractivity contribution is -0.122. The van der Waals surface area contributed by atoms with Gasteiger partial charge >= 0.3 is 5.97 Å². The second-order valence-electron chi connectivity index (χ2n) is 7.69. The zero-order valence-corrected chi connectivity index (χ0v) is 21.6. The summed E-state index contributed by atoms with van der Waals surface area (Å²) in [6.07, 6.45) is 1.60. The predicted molar refractivity (Wildman–Crippen MR) is 143 cm³/mol. The largest absolute Gasteiger partial charge is 0.495 e. The lowest BCUT2D eigenvalue weighted by Gasteiger charge is -2.14. The Morgan fingerprint density at radius 3 is 2.54 bits per heavy atom. The molecule has 2 aromatic carbocycles.